The molecule has 0 saturated heterocycles. The zero-order valence-corrected chi connectivity index (χ0v) is 11.6. The maximum absolute atomic E-state index is 5.82. The number of hydrogen-bond acceptors (Lipinski definition) is 5. The van der Waals surface area contributed by atoms with Crippen molar-refractivity contribution in [2.45, 2.75) is 19.6 Å². The van der Waals surface area contributed by atoms with Gasteiger partial charge in [-0.1, -0.05) is 24.3 Å². The summed E-state index contributed by atoms with van der Waals surface area (Å²) in [6.07, 6.45) is 3.67. The topological polar surface area (TPSA) is 72.9 Å². The Kier molecular flexibility index (Phi) is 2.82. The Morgan fingerprint density at radius 2 is 2.00 bits per heavy atom. The minimum atomic E-state index is 0.502. The summed E-state index contributed by atoms with van der Waals surface area (Å²) in [7, 11) is 0. The molecule has 0 aliphatic carbocycles. The van der Waals surface area contributed by atoms with Crippen molar-refractivity contribution in [3.8, 4) is 0 Å². The van der Waals surface area contributed by atoms with Crippen molar-refractivity contribution in [2.75, 3.05) is 11.4 Å². The van der Waals surface area contributed by atoms with Gasteiger partial charge in [-0.25, -0.2) is 4.98 Å². The monoisotopic (exact) mass is 280 g/mol. The first kappa shape index (κ1) is 12.3. The van der Waals surface area contributed by atoms with Crippen molar-refractivity contribution in [3.05, 3.63) is 48.2 Å². The van der Waals surface area contributed by atoms with Crippen LogP contribution in [0.5, 0.6) is 0 Å². The zero-order valence-electron chi connectivity index (χ0n) is 11.6. The largest absolute Gasteiger partial charge is 0.347 e. The molecule has 0 radical (unpaired) electrons. The Hall–Kier alpha value is -2.47. The summed E-state index contributed by atoms with van der Waals surface area (Å²) in [4.78, 5) is 6.90. The molecule has 3 heterocycles. The Morgan fingerprint density at radius 3 is 2.86 bits per heavy atom. The molecule has 0 atom stereocenters. The molecule has 1 aliphatic heterocycles. The van der Waals surface area contributed by atoms with Crippen LogP contribution in [-0.4, -0.2) is 26.3 Å². The molecule has 0 bridgehead atoms. The average molecular weight is 280 g/mol. The highest BCUT2D eigenvalue weighted by molar-refractivity contribution is 5.94. The maximum Gasteiger partial charge on any atom is 0.152 e. The lowest BCUT2D eigenvalue weighted by atomic mass is 10.1. The van der Waals surface area contributed by atoms with Crippen LogP contribution in [-0.2, 0) is 19.6 Å². The number of pyridine rings is 1. The minimum absolute atomic E-state index is 0.502. The lowest BCUT2D eigenvalue weighted by Crippen LogP contribution is -2.34. The molecule has 4 rings (SSSR count). The molecule has 1 aliphatic rings. The molecule has 1 aromatic carbocycles. The van der Waals surface area contributed by atoms with Gasteiger partial charge < -0.3 is 15.2 Å². The van der Waals surface area contributed by atoms with E-state index in [0.29, 0.717) is 6.54 Å². The van der Waals surface area contributed by atoms with Crippen molar-refractivity contribution in [3.63, 3.8) is 0 Å². The van der Waals surface area contributed by atoms with Crippen LogP contribution in [0.15, 0.2) is 36.8 Å². The molecule has 106 valence electrons. The predicted molar refractivity (Wildman–Crippen MR) is 80.7 cm³/mol. The Labute approximate surface area is 122 Å². The highest BCUT2D eigenvalue weighted by atomic mass is 15.3. The summed E-state index contributed by atoms with van der Waals surface area (Å²) >= 11 is 0. The van der Waals surface area contributed by atoms with Gasteiger partial charge in [0.25, 0.3) is 0 Å². The van der Waals surface area contributed by atoms with Gasteiger partial charge in [0.2, 0.25) is 0 Å². The number of anilines is 1. The SMILES string of the molecule is NCc1cnc(N2CCn3cnnc3C2)c2ccccc12. The molecule has 0 unspecified atom stereocenters. The summed E-state index contributed by atoms with van der Waals surface area (Å²) in [5.41, 5.74) is 6.90. The van der Waals surface area contributed by atoms with Crippen LogP contribution < -0.4 is 10.6 Å². The van der Waals surface area contributed by atoms with E-state index in [1.807, 2.05) is 18.3 Å². The second kappa shape index (κ2) is 4.82. The molecular formula is C15H16N6. The van der Waals surface area contributed by atoms with Crippen LogP contribution >= 0.6 is 0 Å². The third-order valence-electron chi connectivity index (χ3n) is 4.01. The highest BCUT2D eigenvalue weighted by Gasteiger charge is 2.20. The zero-order chi connectivity index (χ0) is 14.2. The van der Waals surface area contributed by atoms with Crippen molar-refractivity contribution >= 4 is 16.6 Å². The molecule has 21 heavy (non-hydrogen) atoms. The van der Waals surface area contributed by atoms with Crippen molar-refractivity contribution in [1.82, 2.24) is 19.7 Å². The fraction of sp³-hybridized carbons (Fsp3) is 0.267. The van der Waals surface area contributed by atoms with E-state index in [1.54, 1.807) is 6.33 Å². The van der Waals surface area contributed by atoms with E-state index >= 15 is 0 Å². The van der Waals surface area contributed by atoms with Gasteiger partial charge in [0, 0.05) is 31.2 Å². The number of fused-ring (bicyclic) bond motifs is 2. The van der Waals surface area contributed by atoms with E-state index in [9.17, 15) is 0 Å². The van der Waals surface area contributed by atoms with Gasteiger partial charge in [0.05, 0.1) is 6.54 Å². The molecule has 0 saturated carbocycles. The van der Waals surface area contributed by atoms with Crippen LogP contribution in [0.2, 0.25) is 0 Å². The van der Waals surface area contributed by atoms with Gasteiger partial charge in [-0.15, -0.1) is 10.2 Å². The molecule has 6 heteroatoms. The first-order valence-corrected chi connectivity index (χ1v) is 7.05. The minimum Gasteiger partial charge on any atom is -0.347 e. The Balaban J connectivity index is 1.81. The van der Waals surface area contributed by atoms with Crippen LogP contribution in [0.25, 0.3) is 10.8 Å². The maximum atomic E-state index is 5.82. The Morgan fingerprint density at radius 1 is 1.14 bits per heavy atom. The summed E-state index contributed by atoms with van der Waals surface area (Å²) in [5.74, 6) is 1.98. The van der Waals surface area contributed by atoms with Crippen molar-refractivity contribution < 1.29 is 0 Å². The van der Waals surface area contributed by atoms with Gasteiger partial charge in [-0.05, 0) is 10.9 Å². The first-order valence-electron chi connectivity index (χ1n) is 7.05. The highest BCUT2D eigenvalue weighted by Crippen LogP contribution is 2.28. The summed E-state index contributed by atoms with van der Waals surface area (Å²) in [5, 5.41) is 10.5. The quantitative estimate of drug-likeness (QED) is 0.766. The van der Waals surface area contributed by atoms with E-state index in [-0.39, 0.29) is 0 Å². The van der Waals surface area contributed by atoms with E-state index in [2.05, 4.69) is 36.8 Å². The standard InChI is InChI=1S/C15H16N6/c16-7-11-8-17-15(13-4-2-1-3-12(11)13)20-5-6-21-10-18-19-14(21)9-20/h1-4,8,10H,5-7,9,16H2. The first-order chi connectivity index (χ1) is 10.4. The lowest BCUT2D eigenvalue weighted by Gasteiger charge is -2.29. The number of hydrogen-bond donors (Lipinski definition) is 1. The number of nitrogens with zero attached hydrogens (tertiary/aromatic N) is 5. The third-order valence-corrected chi connectivity index (χ3v) is 4.01. The summed E-state index contributed by atoms with van der Waals surface area (Å²) in [6, 6.07) is 8.30. The fourth-order valence-corrected chi connectivity index (χ4v) is 2.90. The summed E-state index contributed by atoms with van der Waals surface area (Å²) < 4.78 is 2.09. The second-order valence-corrected chi connectivity index (χ2v) is 5.22. The molecule has 2 N–H and O–H groups in total. The normalized spacial score (nSPS) is 14.4. The molecule has 3 aromatic rings. The third kappa shape index (κ3) is 1.95. The molecule has 0 spiro atoms. The molecule has 0 fully saturated rings. The van der Waals surface area contributed by atoms with Gasteiger partial charge in [-0.2, -0.15) is 0 Å². The van der Waals surface area contributed by atoms with E-state index < -0.39 is 0 Å². The van der Waals surface area contributed by atoms with Crippen LogP contribution in [0.3, 0.4) is 0 Å². The number of rotatable bonds is 2. The molecule has 6 nitrogen and oxygen atoms in total. The van der Waals surface area contributed by atoms with E-state index in [4.69, 9.17) is 5.73 Å². The molecular weight excluding hydrogens is 264 g/mol. The second-order valence-electron chi connectivity index (χ2n) is 5.22. The van der Waals surface area contributed by atoms with Gasteiger partial charge in [0.15, 0.2) is 5.82 Å². The number of aromatic nitrogens is 4. The fourth-order valence-electron chi connectivity index (χ4n) is 2.90. The van der Waals surface area contributed by atoms with E-state index in [1.165, 1.54) is 5.39 Å². The predicted octanol–water partition coefficient (Wildman–Crippen LogP) is 1.31. The molecule has 2 aromatic heterocycles. The number of nitrogens with two attached hydrogens (primary N) is 1. The van der Waals surface area contributed by atoms with Crippen molar-refractivity contribution in [2.24, 2.45) is 5.73 Å². The molecule has 0 amide bonds. The van der Waals surface area contributed by atoms with Crippen LogP contribution in [0, 0.1) is 0 Å². The van der Waals surface area contributed by atoms with Gasteiger partial charge in [0.1, 0.15) is 12.1 Å². The van der Waals surface area contributed by atoms with Gasteiger partial charge in [-0.3, -0.25) is 0 Å². The van der Waals surface area contributed by atoms with Crippen LogP contribution in [0.1, 0.15) is 11.4 Å². The smallest absolute Gasteiger partial charge is 0.152 e. The lowest BCUT2D eigenvalue weighted by molar-refractivity contribution is 0.557. The summed E-state index contributed by atoms with van der Waals surface area (Å²) in [6.45, 7) is 3.03. The van der Waals surface area contributed by atoms with E-state index in [0.717, 1.165) is 42.2 Å². The van der Waals surface area contributed by atoms with Gasteiger partial charge >= 0.3 is 0 Å². The van der Waals surface area contributed by atoms with Crippen molar-refractivity contribution in [1.29, 1.82) is 0 Å². The Bertz CT molecular complexity index is 794. The van der Waals surface area contributed by atoms with Crippen LogP contribution in [0.4, 0.5) is 5.82 Å². The average Bonchev–Trinajstić information content (AvgIpc) is 3.01. The number of benzene rings is 1.